The normalized spacial score (nSPS) is 11.5. The van der Waals surface area contributed by atoms with E-state index in [4.69, 9.17) is 14.2 Å². The Hall–Kier alpha value is -2.93. The number of hydrogen-bond donors (Lipinski definition) is 1. The molecule has 0 aliphatic carbocycles. The molecule has 0 aliphatic heterocycles. The van der Waals surface area contributed by atoms with Gasteiger partial charge in [0.05, 0.1) is 13.2 Å². The van der Waals surface area contributed by atoms with Gasteiger partial charge in [-0.15, -0.1) is 0 Å². The zero-order valence-electron chi connectivity index (χ0n) is 16.9. The fourth-order valence-electron chi connectivity index (χ4n) is 2.71. The van der Waals surface area contributed by atoms with Gasteiger partial charge in [-0.25, -0.2) is 0 Å². The molecule has 0 saturated carbocycles. The SMILES string of the molecule is CCOCCOc1ccc(CCNC(=O)C(C(=O)OCC)c2cccnc2)cc1. The lowest BCUT2D eigenvalue weighted by Crippen LogP contribution is -2.36. The van der Waals surface area contributed by atoms with Crippen LogP contribution in [0.3, 0.4) is 0 Å². The second-order valence-corrected chi connectivity index (χ2v) is 6.20. The molecule has 1 amide bonds. The van der Waals surface area contributed by atoms with Crippen LogP contribution in [0.4, 0.5) is 0 Å². The van der Waals surface area contributed by atoms with Crippen molar-refractivity contribution in [1.82, 2.24) is 10.3 Å². The molecule has 156 valence electrons. The minimum atomic E-state index is -1.02. The van der Waals surface area contributed by atoms with Gasteiger partial charge in [0.1, 0.15) is 12.4 Å². The highest BCUT2D eigenvalue weighted by Crippen LogP contribution is 2.17. The van der Waals surface area contributed by atoms with Gasteiger partial charge in [0.25, 0.3) is 0 Å². The van der Waals surface area contributed by atoms with Crippen LogP contribution in [0, 0.1) is 0 Å². The van der Waals surface area contributed by atoms with E-state index in [0.717, 1.165) is 11.3 Å². The molecule has 1 aromatic carbocycles. The Morgan fingerprint density at radius 1 is 1.07 bits per heavy atom. The Morgan fingerprint density at radius 2 is 1.86 bits per heavy atom. The molecule has 1 atom stereocenters. The molecule has 2 aromatic rings. The first-order valence-electron chi connectivity index (χ1n) is 9.79. The molecule has 0 aliphatic rings. The number of aromatic nitrogens is 1. The van der Waals surface area contributed by atoms with Gasteiger partial charge < -0.3 is 19.5 Å². The van der Waals surface area contributed by atoms with Gasteiger partial charge in [-0.3, -0.25) is 14.6 Å². The second kappa shape index (κ2) is 12.5. The molecule has 7 nitrogen and oxygen atoms in total. The van der Waals surface area contributed by atoms with E-state index in [1.165, 1.54) is 6.20 Å². The number of benzene rings is 1. The van der Waals surface area contributed by atoms with Crippen LogP contribution in [-0.4, -0.2) is 49.8 Å². The summed E-state index contributed by atoms with van der Waals surface area (Å²) in [6.07, 6.45) is 3.73. The maximum atomic E-state index is 12.6. The third kappa shape index (κ3) is 7.54. The van der Waals surface area contributed by atoms with E-state index in [-0.39, 0.29) is 6.61 Å². The summed E-state index contributed by atoms with van der Waals surface area (Å²) < 4.78 is 15.9. The van der Waals surface area contributed by atoms with Crippen molar-refractivity contribution >= 4 is 11.9 Å². The van der Waals surface area contributed by atoms with Crippen molar-refractivity contribution in [2.45, 2.75) is 26.2 Å². The van der Waals surface area contributed by atoms with Crippen molar-refractivity contribution in [1.29, 1.82) is 0 Å². The van der Waals surface area contributed by atoms with Crippen molar-refractivity contribution in [2.24, 2.45) is 0 Å². The van der Waals surface area contributed by atoms with E-state index in [0.29, 0.717) is 38.3 Å². The Kier molecular flexibility index (Phi) is 9.65. The van der Waals surface area contributed by atoms with Gasteiger partial charge in [-0.1, -0.05) is 18.2 Å². The highest BCUT2D eigenvalue weighted by molar-refractivity contribution is 6.03. The monoisotopic (exact) mass is 400 g/mol. The molecule has 1 unspecified atom stereocenters. The van der Waals surface area contributed by atoms with Crippen molar-refractivity contribution in [3.63, 3.8) is 0 Å². The van der Waals surface area contributed by atoms with E-state index in [9.17, 15) is 9.59 Å². The highest BCUT2D eigenvalue weighted by atomic mass is 16.5. The Labute approximate surface area is 171 Å². The maximum absolute atomic E-state index is 12.6. The molecule has 0 radical (unpaired) electrons. The molecule has 29 heavy (non-hydrogen) atoms. The first-order valence-corrected chi connectivity index (χ1v) is 9.79. The fraction of sp³-hybridized carbons (Fsp3) is 0.409. The molecule has 0 saturated heterocycles. The molecule has 0 fully saturated rings. The van der Waals surface area contributed by atoms with Crippen LogP contribution < -0.4 is 10.1 Å². The third-order valence-corrected chi connectivity index (χ3v) is 4.14. The van der Waals surface area contributed by atoms with Gasteiger partial charge in [-0.2, -0.15) is 0 Å². The van der Waals surface area contributed by atoms with Crippen molar-refractivity contribution in [3.05, 3.63) is 59.9 Å². The number of nitrogens with one attached hydrogen (secondary N) is 1. The molecule has 1 heterocycles. The maximum Gasteiger partial charge on any atom is 0.323 e. The van der Waals surface area contributed by atoms with E-state index in [1.807, 2.05) is 31.2 Å². The van der Waals surface area contributed by atoms with Crippen LogP contribution in [0.5, 0.6) is 5.75 Å². The number of nitrogens with zero attached hydrogens (tertiary/aromatic N) is 1. The number of carbonyl (C=O) groups is 2. The van der Waals surface area contributed by atoms with Gasteiger partial charge in [0.15, 0.2) is 5.92 Å². The van der Waals surface area contributed by atoms with Crippen LogP contribution in [0.1, 0.15) is 30.9 Å². The van der Waals surface area contributed by atoms with Crippen molar-refractivity contribution in [2.75, 3.05) is 33.0 Å². The smallest absolute Gasteiger partial charge is 0.323 e. The minimum absolute atomic E-state index is 0.210. The number of rotatable bonds is 12. The average Bonchev–Trinajstić information content (AvgIpc) is 2.73. The lowest BCUT2D eigenvalue weighted by atomic mass is 10.00. The summed E-state index contributed by atoms with van der Waals surface area (Å²) in [6, 6.07) is 11.1. The fourth-order valence-corrected chi connectivity index (χ4v) is 2.71. The topological polar surface area (TPSA) is 86.8 Å². The van der Waals surface area contributed by atoms with Gasteiger partial charge in [-0.05, 0) is 49.6 Å². The third-order valence-electron chi connectivity index (χ3n) is 4.14. The first kappa shape index (κ1) is 22.4. The number of esters is 1. The molecule has 1 aromatic heterocycles. The molecular weight excluding hydrogens is 372 g/mol. The van der Waals surface area contributed by atoms with Crippen LogP contribution in [0.25, 0.3) is 0 Å². The van der Waals surface area contributed by atoms with E-state index < -0.39 is 17.8 Å². The van der Waals surface area contributed by atoms with E-state index in [2.05, 4.69) is 10.3 Å². The van der Waals surface area contributed by atoms with Crippen molar-refractivity contribution < 1.29 is 23.8 Å². The quantitative estimate of drug-likeness (QED) is 0.335. The molecule has 1 N–H and O–H groups in total. The number of pyridine rings is 1. The summed E-state index contributed by atoms with van der Waals surface area (Å²) in [5, 5.41) is 2.82. The highest BCUT2D eigenvalue weighted by Gasteiger charge is 2.29. The Bertz CT molecular complexity index is 750. The molecule has 2 rings (SSSR count). The number of hydrogen-bond acceptors (Lipinski definition) is 6. The standard InChI is InChI=1S/C22H28N2O5/c1-3-27-14-15-29-19-9-7-17(8-10-19)11-13-24-21(25)20(22(26)28-4-2)18-6-5-12-23-16-18/h5-10,12,16,20H,3-4,11,13-15H2,1-2H3,(H,24,25). The molecule has 7 heteroatoms. The van der Waals surface area contributed by atoms with Gasteiger partial charge in [0.2, 0.25) is 5.91 Å². The summed E-state index contributed by atoms with van der Waals surface area (Å²) >= 11 is 0. The number of carbonyl (C=O) groups excluding carboxylic acids is 2. The summed E-state index contributed by atoms with van der Waals surface area (Å²) in [5.74, 6) is -1.22. The zero-order chi connectivity index (χ0) is 20.9. The molecule has 0 bridgehead atoms. The first-order chi connectivity index (χ1) is 14.2. The lowest BCUT2D eigenvalue weighted by Gasteiger charge is -2.15. The van der Waals surface area contributed by atoms with Gasteiger partial charge >= 0.3 is 5.97 Å². The summed E-state index contributed by atoms with van der Waals surface area (Å²) in [5.41, 5.74) is 1.56. The number of ether oxygens (including phenoxy) is 3. The zero-order valence-corrected chi connectivity index (χ0v) is 16.9. The summed E-state index contributed by atoms with van der Waals surface area (Å²) in [4.78, 5) is 28.8. The minimum Gasteiger partial charge on any atom is -0.491 e. The lowest BCUT2D eigenvalue weighted by molar-refractivity contribution is -0.148. The van der Waals surface area contributed by atoms with E-state index in [1.54, 1.807) is 25.3 Å². The molecular formula is C22H28N2O5. The van der Waals surface area contributed by atoms with Crippen LogP contribution >= 0.6 is 0 Å². The van der Waals surface area contributed by atoms with Crippen molar-refractivity contribution in [3.8, 4) is 5.75 Å². The predicted molar refractivity (Wildman–Crippen MR) is 109 cm³/mol. The molecule has 0 spiro atoms. The second-order valence-electron chi connectivity index (χ2n) is 6.20. The Balaban J connectivity index is 1.86. The van der Waals surface area contributed by atoms with Crippen LogP contribution in [0.15, 0.2) is 48.8 Å². The van der Waals surface area contributed by atoms with Crippen LogP contribution in [-0.2, 0) is 25.5 Å². The van der Waals surface area contributed by atoms with E-state index >= 15 is 0 Å². The summed E-state index contributed by atoms with van der Waals surface area (Å²) in [6.45, 7) is 6.00. The van der Waals surface area contributed by atoms with Gasteiger partial charge in [0, 0.05) is 25.5 Å². The van der Waals surface area contributed by atoms with Crippen LogP contribution in [0.2, 0.25) is 0 Å². The Morgan fingerprint density at radius 3 is 2.52 bits per heavy atom. The number of amides is 1. The average molecular weight is 400 g/mol. The summed E-state index contributed by atoms with van der Waals surface area (Å²) in [7, 11) is 0. The largest absolute Gasteiger partial charge is 0.491 e. The predicted octanol–water partition coefficient (Wildman–Crippen LogP) is 2.50.